The van der Waals surface area contributed by atoms with E-state index in [9.17, 15) is 18.0 Å². The van der Waals surface area contributed by atoms with Crippen LogP contribution in [-0.2, 0) is 4.74 Å². The van der Waals surface area contributed by atoms with Gasteiger partial charge in [0.2, 0.25) is 0 Å². The first kappa shape index (κ1) is 15.8. The summed E-state index contributed by atoms with van der Waals surface area (Å²) in [5, 5.41) is 1.81. The summed E-state index contributed by atoms with van der Waals surface area (Å²) in [5.41, 5.74) is -0.769. The van der Waals surface area contributed by atoms with Gasteiger partial charge in [-0.05, 0) is 20.3 Å². The second kappa shape index (κ2) is 5.92. The molecule has 16 heavy (non-hydrogen) atoms. The number of nitrogens with one attached hydrogen (secondary N) is 1. The van der Waals surface area contributed by atoms with E-state index in [2.05, 4.69) is 0 Å². The number of rotatable bonds is 4. The maximum Gasteiger partial charge on any atom is 0.408 e. The van der Waals surface area contributed by atoms with Crippen LogP contribution < -0.4 is 5.32 Å². The van der Waals surface area contributed by atoms with E-state index in [1.54, 1.807) is 13.8 Å². The average molecular weight is 353 g/mol. The van der Waals surface area contributed by atoms with Gasteiger partial charge in [0, 0.05) is 4.43 Å². The van der Waals surface area contributed by atoms with Crippen LogP contribution in [0, 0.1) is 0 Å². The standard InChI is InChI=1S/C9H15F3INO2/c1-4-6(9(10,11)12)14-7(15)16-8(2,3)5-13/h6H,4-5H2,1-3H3,(H,14,15). The summed E-state index contributed by atoms with van der Waals surface area (Å²) in [6.07, 6.45) is -5.70. The first-order valence-electron chi connectivity index (χ1n) is 4.74. The van der Waals surface area contributed by atoms with Gasteiger partial charge in [-0.25, -0.2) is 4.79 Å². The highest BCUT2D eigenvalue weighted by Crippen LogP contribution is 2.22. The van der Waals surface area contributed by atoms with Crippen LogP contribution in [0.5, 0.6) is 0 Å². The minimum absolute atomic E-state index is 0.219. The fourth-order valence-electron chi connectivity index (χ4n) is 0.865. The van der Waals surface area contributed by atoms with E-state index in [0.717, 1.165) is 0 Å². The first-order chi connectivity index (χ1) is 7.12. The van der Waals surface area contributed by atoms with E-state index in [1.165, 1.54) is 6.92 Å². The lowest BCUT2D eigenvalue weighted by Crippen LogP contribution is -2.47. The lowest BCUT2D eigenvalue weighted by Gasteiger charge is -2.25. The molecule has 0 radical (unpaired) electrons. The second-order valence-corrected chi connectivity index (χ2v) is 4.69. The van der Waals surface area contributed by atoms with Gasteiger partial charge in [0.15, 0.2) is 0 Å². The Balaban J connectivity index is 4.34. The van der Waals surface area contributed by atoms with Gasteiger partial charge in [0.1, 0.15) is 11.6 Å². The summed E-state index contributed by atoms with van der Waals surface area (Å²) in [4.78, 5) is 11.2. The maximum atomic E-state index is 12.3. The van der Waals surface area contributed by atoms with Crippen molar-refractivity contribution in [1.29, 1.82) is 0 Å². The number of alkyl carbamates (subject to hydrolysis) is 1. The van der Waals surface area contributed by atoms with Gasteiger partial charge in [0.05, 0.1) is 0 Å². The van der Waals surface area contributed by atoms with Crippen molar-refractivity contribution in [3.05, 3.63) is 0 Å². The highest BCUT2D eigenvalue weighted by molar-refractivity contribution is 14.1. The van der Waals surface area contributed by atoms with Crippen molar-refractivity contribution in [3.8, 4) is 0 Å². The Hall–Kier alpha value is -0.210. The number of hydrogen-bond acceptors (Lipinski definition) is 2. The highest BCUT2D eigenvalue weighted by Gasteiger charge is 2.40. The number of ether oxygens (including phenoxy) is 1. The molecule has 96 valence electrons. The molecule has 1 amide bonds. The predicted octanol–water partition coefficient (Wildman–Crippen LogP) is 3.27. The fourth-order valence-corrected chi connectivity index (χ4v) is 1.02. The van der Waals surface area contributed by atoms with Gasteiger partial charge in [0.25, 0.3) is 0 Å². The van der Waals surface area contributed by atoms with Gasteiger partial charge >= 0.3 is 12.3 Å². The van der Waals surface area contributed by atoms with E-state index >= 15 is 0 Å². The minimum atomic E-state index is -4.44. The maximum absolute atomic E-state index is 12.3. The lowest BCUT2D eigenvalue weighted by molar-refractivity contribution is -0.155. The fraction of sp³-hybridized carbons (Fsp3) is 0.889. The van der Waals surface area contributed by atoms with Crippen molar-refractivity contribution in [2.75, 3.05) is 4.43 Å². The van der Waals surface area contributed by atoms with Crippen LogP contribution in [0.25, 0.3) is 0 Å². The van der Waals surface area contributed by atoms with Gasteiger partial charge in [-0.2, -0.15) is 13.2 Å². The molecule has 0 spiro atoms. The summed E-state index contributed by atoms with van der Waals surface area (Å²) in [6.45, 7) is 4.61. The van der Waals surface area contributed by atoms with Crippen LogP contribution >= 0.6 is 22.6 Å². The van der Waals surface area contributed by atoms with Crippen LogP contribution in [0.15, 0.2) is 0 Å². The van der Waals surface area contributed by atoms with Crippen LogP contribution in [0.3, 0.4) is 0 Å². The smallest absolute Gasteiger partial charge is 0.408 e. The molecule has 7 heteroatoms. The summed E-state index contributed by atoms with van der Waals surface area (Å²) in [6, 6.07) is -1.86. The van der Waals surface area contributed by atoms with E-state index in [4.69, 9.17) is 4.74 Å². The average Bonchev–Trinajstić information content (AvgIpc) is 2.11. The van der Waals surface area contributed by atoms with Gasteiger partial charge < -0.3 is 10.1 Å². The summed E-state index contributed by atoms with van der Waals surface area (Å²) < 4.78 is 42.3. The Morgan fingerprint density at radius 1 is 1.44 bits per heavy atom. The number of carbonyl (C=O) groups excluding carboxylic acids is 1. The van der Waals surface area contributed by atoms with Gasteiger partial charge in [-0.15, -0.1) is 0 Å². The molecular formula is C9H15F3INO2. The molecule has 1 unspecified atom stereocenters. The molecule has 0 bridgehead atoms. The van der Waals surface area contributed by atoms with E-state index in [0.29, 0.717) is 4.43 Å². The molecule has 0 heterocycles. The summed E-state index contributed by atoms with van der Waals surface area (Å²) >= 11 is 2.00. The number of hydrogen-bond donors (Lipinski definition) is 1. The molecule has 0 saturated carbocycles. The third-order valence-electron chi connectivity index (χ3n) is 1.79. The Bertz CT molecular complexity index is 243. The molecule has 0 saturated heterocycles. The third kappa shape index (κ3) is 5.76. The molecule has 0 aromatic rings. The van der Waals surface area contributed by atoms with Crippen molar-refractivity contribution in [1.82, 2.24) is 5.32 Å². The summed E-state index contributed by atoms with van der Waals surface area (Å²) in [5.74, 6) is 0. The third-order valence-corrected chi connectivity index (χ3v) is 3.62. The zero-order valence-electron chi connectivity index (χ0n) is 9.32. The second-order valence-electron chi connectivity index (χ2n) is 3.93. The number of halogens is 4. The first-order valence-corrected chi connectivity index (χ1v) is 6.27. The lowest BCUT2D eigenvalue weighted by atomic mass is 10.2. The number of carbonyl (C=O) groups is 1. The van der Waals surface area contributed by atoms with Crippen molar-refractivity contribution in [2.24, 2.45) is 0 Å². The van der Waals surface area contributed by atoms with Crippen LogP contribution in [0.2, 0.25) is 0 Å². The Kier molecular flexibility index (Phi) is 5.85. The van der Waals surface area contributed by atoms with Crippen LogP contribution in [0.1, 0.15) is 27.2 Å². The molecule has 0 fully saturated rings. The SMILES string of the molecule is CCC(NC(=O)OC(C)(C)CI)C(F)(F)F. The Morgan fingerprint density at radius 2 is 1.94 bits per heavy atom. The number of alkyl halides is 4. The Labute approximate surface area is 106 Å². The molecule has 0 aliphatic heterocycles. The minimum Gasteiger partial charge on any atom is -0.443 e. The molecule has 0 aromatic heterocycles. The van der Waals surface area contributed by atoms with E-state index < -0.39 is 23.9 Å². The summed E-state index contributed by atoms with van der Waals surface area (Å²) in [7, 11) is 0. The van der Waals surface area contributed by atoms with Crippen molar-refractivity contribution < 1.29 is 22.7 Å². The molecule has 0 aliphatic carbocycles. The van der Waals surface area contributed by atoms with Gasteiger partial charge in [-0.1, -0.05) is 29.5 Å². The zero-order chi connectivity index (χ0) is 13.0. The monoisotopic (exact) mass is 353 g/mol. The van der Waals surface area contributed by atoms with E-state index in [1.807, 2.05) is 27.9 Å². The molecule has 0 rings (SSSR count). The molecule has 0 aromatic carbocycles. The molecule has 1 N–H and O–H groups in total. The zero-order valence-corrected chi connectivity index (χ0v) is 11.5. The van der Waals surface area contributed by atoms with Crippen molar-refractivity contribution >= 4 is 28.7 Å². The van der Waals surface area contributed by atoms with Crippen molar-refractivity contribution in [2.45, 2.75) is 45.0 Å². The quantitative estimate of drug-likeness (QED) is 0.622. The molecule has 1 atom stereocenters. The molecule has 3 nitrogen and oxygen atoms in total. The predicted molar refractivity (Wildman–Crippen MR) is 62.7 cm³/mol. The highest BCUT2D eigenvalue weighted by atomic mass is 127. The normalized spacial score (nSPS) is 14.4. The molecular weight excluding hydrogens is 338 g/mol. The molecule has 0 aliphatic rings. The topological polar surface area (TPSA) is 38.3 Å². The van der Waals surface area contributed by atoms with Gasteiger partial charge in [-0.3, -0.25) is 0 Å². The van der Waals surface area contributed by atoms with Crippen LogP contribution in [-0.4, -0.2) is 28.3 Å². The van der Waals surface area contributed by atoms with Crippen LogP contribution in [0.4, 0.5) is 18.0 Å². The van der Waals surface area contributed by atoms with E-state index in [-0.39, 0.29) is 6.42 Å². The van der Waals surface area contributed by atoms with Crippen molar-refractivity contribution in [3.63, 3.8) is 0 Å². The largest absolute Gasteiger partial charge is 0.443 e. The number of amides is 1. The Morgan fingerprint density at radius 3 is 2.25 bits per heavy atom.